The van der Waals surface area contributed by atoms with Gasteiger partial charge < -0.3 is 10.2 Å². The lowest BCUT2D eigenvalue weighted by atomic mass is 10.0. The molecule has 1 atom stereocenters. The molecule has 0 aromatic heterocycles. The maximum absolute atomic E-state index is 3.68. The van der Waals surface area contributed by atoms with Crippen molar-refractivity contribution in [3.63, 3.8) is 0 Å². The Morgan fingerprint density at radius 2 is 1.60 bits per heavy atom. The lowest BCUT2D eigenvalue weighted by Crippen LogP contribution is -2.48. The first-order chi connectivity index (χ1) is 7.09. The van der Waals surface area contributed by atoms with E-state index in [-0.39, 0.29) is 0 Å². The minimum absolute atomic E-state index is 0.599. The SMILES string of the molecule is CC(C)NC(CN1CCCCC1)C(C)C. The molecule has 0 aliphatic carbocycles. The van der Waals surface area contributed by atoms with Crippen LogP contribution in [0.15, 0.2) is 0 Å². The van der Waals surface area contributed by atoms with Gasteiger partial charge in [-0.15, -0.1) is 0 Å². The Morgan fingerprint density at radius 3 is 2.07 bits per heavy atom. The Kier molecular flexibility index (Phi) is 5.62. The van der Waals surface area contributed by atoms with E-state index >= 15 is 0 Å². The Hall–Kier alpha value is -0.0800. The molecule has 1 N–H and O–H groups in total. The lowest BCUT2D eigenvalue weighted by Gasteiger charge is -2.33. The molecule has 0 aromatic carbocycles. The smallest absolute Gasteiger partial charge is 0.0220 e. The van der Waals surface area contributed by atoms with Gasteiger partial charge in [-0.2, -0.15) is 0 Å². The Balaban J connectivity index is 2.35. The first kappa shape index (κ1) is 13.0. The highest BCUT2D eigenvalue weighted by Crippen LogP contribution is 2.12. The predicted molar refractivity (Wildman–Crippen MR) is 67.2 cm³/mol. The monoisotopic (exact) mass is 212 g/mol. The van der Waals surface area contributed by atoms with Crippen molar-refractivity contribution in [2.24, 2.45) is 5.92 Å². The molecule has 0 amide bonds. The molecular weight excluding hydrogens is 184 g/mol. The number of likely N-dealkylation sites (tertiary alicyclic amines) is 1. The van der Waals surface area contributed by atoms with Crippen molar-refractivity contribution in [3.05, 3.63) is 0 Å². The molecule has 0 spiro atoms. The van der Waals surface area contributed by atoms with Crippen molar-refractivity contribution >= 4 is 0 Å². The van der Waals surface area contributed by atoms with Crippen LogP contribution in [0, 0.1) is 5.92 Å². The van der Waals surface area contributed by atoms with Crippen molar-refractivity contribution in [1.82, 2.24) is 10.2 Å². The third-order valence-corrected chi connectivity index (χ3v) is 3.26. The number of rotatable bonds is 5. The quantitative estimate of drug-likeness (QED) is 0.753. The summed E-state index contributed by atoms with van der Waals surface area (Å²) in [5.41, 5.74) is 0. The summed E-state index contributed by atoms with van der Waals surface area (Å²) in [6.45, 7) is 13.0. The zero-order valence-electron chi connectivity index (χ0n) is 10.9. The van der Waals surface area contributed by atoms with E-state index in [2.05, 4.69) is 37.9 Å². The lowest BCUT2D eigenvalue weighted by molar-refractivity contribution is 0.183. The van der Waals surface area contributed by atoms with Crippen LogP contribution in [0.4, 0.5) is 0 Å². The summed E-state index contributed by atoms with van der Waals surface area (Å²) < 4.78 is 0. The molecule has 15 heavy (non-hydrogen) atoms. The van der Waals surface area contributed by atoms with Gasteiger partial charge in [0.2, 0.25) is 0 Å². The third kappa shape index (κ3) is 4.98. The van der Waals surface area contributed by atoms with Gasteiger partial charge in [-0.25, -0.2) is 0 Å². The Bertz CT molecular complexity index is 160. The molecular formula is C13H28N2. The number of piperidine rings is 1. The largest absolute Gasteiger partial charge is 0.310 e. The predicted octanol–water partition coefficient (Wildman–Crippen LogP) is 2.49. The van der Waals surface area contributed by atoms with Crippen LogP contribution < -0.4 is 5.32 Å². The van der Waals surface area contributed by atoms with Gasteiger partial charge in [0.05, 0.1) is 0 Å². The second kappa shape index (κ2) is 6.49. The minimum Gasteiger partial charge on any atom is -0.310 e. The minimum atomic E-state index is 0.599. The van der Waals surface area contributed by atoms with E-state index in [1.54, 1.807) is 0 Å². The second-order valence-electron chi connectivity index (χ2n) is 5.53. The topological polar surface area (TPSA) is 15.3 Å². The molecule has 1 rings (SSSR count). The van der Waals surface area contributed by atoms with Gasteiger partial charge in [-0.05, 0) is 31.8 Å². The van der Waals surface area contributed by atoms with Gasteiger partial charge in [-0.3, -0.25) is 0 Å². The molecule has 90 valence electrons. The molecule has 1 unspecified atom stereocenters. The Morgan fingerprint density at radius 1 is 1.00 bits per heavy atom. The van der Waals surface area contributed by atoms with Crippen LogP contribution in [-0.2, 0) is 0 Å². The van der Waals surface area contributed by atoms with Crippen molar-refractivity contribution in [2.45, 2.75) is 59.0 Å². The molecule has 1 aliphatic heterocycles. The van der Waals surface area contributed by atoms with E-state index in [0.717, 1.165) is 5.92 Å². The van der Waals surface area contributed by atoms with Crippen molar-refractivity contribution in [3.8, 4) is 0 Å². The van der Waals surface area contributed by atoms with E-state index in [1.165, 1.54) is 38.9 Å². The molecule has 2 heteroatoms. The standard InChI is InChI=1S/C13H28N2/c1-11(2)13(14-12(3)4)10-15-8-6-5-7-9-15/h11-14H,5-10H2,1-4H3. The number of hydrogen-bond acceptors (Lipinski definition) is 2. The van der Waals surface area contributed by atoms with Crippen LogP contribution in [0.2, 0.25) is 0 Å². The average molecular weight is 212 g/mol. The maximum atomic E-state index is 3.68. The molecule has 0 aromatic rings. The fraction of sp³-hybridized carbons (Fsp3) is 1.00. The summed E-state index contributed by atoms with van der Waals surface area (Å²) >= 11 is 0. The third-order valence-electron chi connectivity index (χ3n) is 3.26. The van der Waals surface area contributed by atoms with Crippen LogP contribution in [-0.4, -0.2) is 36.6 Å². The van der Waals surface area contributed by atoms with Crippen LogP contribution in [0.5, 0.6) is 0 Å². The summed E-state index contributed by atoms with van der Waals surface area (Å²) in [7, 11) is 0. The first-order valence-corrected chi connectivity index (χ1v) is 6.58. The van der Waals surface area contributed by atoms with E-state index in [4.69, 9.17) is 0 Å². The molecule has 2 nitrogen and oxygen atoms in total. The van der Waals surface area contributed by atoms with Gasteiger partial charge in [0.15, 0.2) is 0 Å². The van der Waals surface area contributed by atoms with E-state index in [1.807, 2.05) is 0 Å². The molecule has 0 radical (unpaired) electrons. The molecule has 1 fully saturated rings. The molecule has 0 bridgehead atoms. The summed E-state index contributed by atoms with van der Waals surface area (Å²) in [6, 6.07) is 1.25. The van der Waals surface area contributed by atoms with E-state index in [9.17, 15) is 0 Å². The molecule has 1 heterocycles. The number of nitrogens with zero attached hydrogens (tertiary/aromatic N) is 1. The molecule has 1 aliphatic rings. The normalized spacial score (nSPS) is 21.2. The maximum Gasteiger partial charge on any atom is 0.0220 e. The Labute approximate surface area is 95.4 Å². The van der Waals surface area contributed by atoms with Gasteiger partial charge in [-0.1, -0.05) is 34.1 Å². The van der Waals surface area contributed by atoms with Gasteiger partial charge in [0.25, 0.3) is 0 Å². The molecule has 1 saturated heterocycles. The van der Waals surface area contributed by atoms with E-state index in [0.29, 0.717) is 12.1 Å². The van der Waals surface area contributed by atoms with Crippen molar-refractivity contribution < 1.29 is 0 Å². The summed E-state index contributed by atoms with van der Waals surface area (Å²) in [6.07, 6.45) is 4.22. The van der Waals surface area contributed by atoms with Crippen LogP contribution >= 0.6 is 0 Å². The fourth-order valence-corrected chi connectivity index (χ4v) is 2.30. The zero-order valence-corrected chi connectivity index (χ0v) is 10.9. The second-order valence-corrected chi connectivity index (χ2v) is 5.53. The van der Waals surface area contributed by atoms with Crippen LogP contribution in [0.3, 0.4) is 0 Å². The molecule has 0 saturated carbocycles. The van der Waals surface area contributed by atoms with Crippen LogP contribution in [0.1, 0.15) is 47.0 Å². The van der Waals surface area contributed by atoms with Crippen molar-refractivity contribution in [1.29, 1.82) is 0 Å². The van der Waals surface area contributed by atoms with Gasteiger partial charge in [0, 0.05) is 18.6 Å². The highest BCUT2D eigenvalue weighted by atomic mass is 15.2. The first-order valence-electron chi connectivity index (χ1n) is 6.58. The fourth-order valence-electron chi connectivity index (χ4n) is 2.30. The number of nitrogens with one attached hydrogen (secondary N) is 1. The summed E-state index contributed by atoms with van der Waals surface area (Å²) in [4.78, 5) is 2.63. The number of hydrogen-bond donors (Lipinski definition) is 1. The average Bonchev–Trinajstić information content (AvgIpc) is 2.17. The van der Waals surface area contributed by atoms with E-state index < -0.39 is 0 Å². The van der Waals surface area contributed by atoms with Gasteiger partial charge in [0.1, 0.15) is 0 Å². The highest BCUT2D eigenvalue weighted by Gasteiger charge is 2.19. The van der Waals surface area contributed by atoms with Gasteiger partial charge >= 0.3 is 0 Å². The van der Waals surface area contributed by atoms with Crippen LogP contribution in [0.25, 0.3) is 0 Å². The highest BCUT2D eigenvalue weighted by molar-refractivity contribution is 4.78. The summed E-state index contributed by atoms with van der Waals surface area (Å²) in [5, 5.41) is 3.68. The summed E-state index contributed by atoms with van der Waals surface area (Å²) in [5.74, 6) is 0.731. The van der Waals surface area contributed by atoms with Crippen molar-refractivity contribution in [2.75, 3.05) is 19.6 Å². The zero-order chi connectivity index (χ0) is 11.3.